The Kier molecular flexibility index (Phi) is 6.13. The highest BCUT2D eigenvalue weighted by Gasteiger charge is 2.33. The number of amides is 2. The van der Waals surface area contributed by atoms with E-state index < -0.39 is 6.10 Å². The molecule has 0 radical (unpaired) electrons. The molecule has 172 valence electrons. The molecule has 2 aliphatic rings. The number of hydrogen-bond acceptors (Lipinski definition) is 6. The number of aromatic nitrogens is 2. The minimum Gasteiger partial charge on any atom is -0.485 e. The van der Waals surface area contributed by atoms with Crippen LogP contribution in [0.1, 0.15) is 6.92 Å². The van der Waals surface area contributed by atoms with E-state index in [2.05, 4.69) is 16.5 Å². The minimum absolute atomic E-state index is 0.0629. The maximum Gasteiger partial charge on any atom is 0.267 e. The van der Waals surface area contributed by atoms with Crippen LogP contribution in [0.3, 0.4) is 0 Å². The summed E-state index contributed by atoms with van der Waals surface area (Å²) in [6, 6.07) is 15.4. The topological polar surface area (TPSA) is 76.9 Å². The fraction of sp³-hybridized carbons (Fsp3) is 0.375. The van der Waals surface area contributed by atoms with Crippen LogP contribution in [0.15, 0.2) is 53.7 Å². The van der Waals surface area contributed by atoms with Crippen molar-refractivity contribution in [3.8, 4) is 11.5 Å². The lowest BCUT2D eigenvalue weighted by Crippen LogP contribution is -2.55. The number of carbonyl (C=O) groups is 2. The number of imidazole rings is 1. The Balaban J connectivity index is 1.14. The Labute approximate surface area is 196 Å². The normalized spacial score (nSPS) is 17.9. The number of benzene rings is 2. The zero-order valence-electron chi connectivity index (χ0n) is 18.5. The predicted molar refractivity (Wildman–Crippen MR) is 126 cm³/mol. The number of aryl methyl sites for hydroxylation is 1. The molecule has 3 aromatic rings. The lowest BCUT2D eigenvalue weighted by Gasteiger charge is -2.37. The Morgan fingerprint density at radius 3 is 2.48 bits per heavy atom. The van der Waals surface area contributed by atoms with E-state index in [0.717, 1.165) is 22.7 Å². The van der Waals surface area contributed by atoms with Gasteiger partial charge in [-0.25, -0.2) is 4.98 Å². The van der Waals surface area contributed by atoms with Gasteiger partial charge in [-0.15, -0.1) is 0 Å². The van der Waals surface area contributed by atoms with Gasteiger partial charge in [0.15, 0.2) is 16.7 Å². The van der Waals surface area contributed by atoms with E-state index >= 15 is 0 Å². The molecule has 0 saturated carbocycles. The molecule has 1 unspecified atom stereocenters. The van der Waals surface area contributed by atoms with E-state index in [9.17, 15) is 9.59 Å². The number of nitrogens with zero attached hydrogens (tertiary/aromatic N) is 4. The molecule has 2 aliphatic heterocycles. The summed E-state index contributed by atoms with van der Waals surface area (Å²) in [6.07, 6.45) is -0.653. The van der Waals surface area contributed by atoms with Gasteiger partial charge in [0.05, 0.1) is 16.8 Å². The third-order valence-electron chi connectivity index (χ3n) is 5.99. The van der Waals surface area contributed by atoms with Crippen LogP contribution in [0.5, 0.6) is 11.5 Å². The van der Waals surface area contributed by atoms with E-state index in [1.165, 1.54) is 11.8 Å². The van der Waals surface area contributed by atoms with Gasteiger partial charge in [-0.2, -0.15) is 0 Å². The molecule has 2 aromatic carbocycles. The van der Waals surface area contributed by atoms with Crippen LogP contribution in [-0.2, 0) is 16.1 Å². The molecule has 33 heavy (non-hydrogen) atoms. The van der Waals surface area contributed by atoms with Gasteiger partial charge in [0, 0.05) is 32.7 Å². The second-order valence-corrected chi connectivity index (χ2v) is 8.93. The molecule has 0 N–H and O–H groups in total. The van der Waals surface area contributed by atoms with E-state index in [0.29, 0.717) is 43.4 Å². The fourth-order valence-electron chi connectivity index (χ4n) is 4.21. The van der Waals surface area contributed by atoms with E-state index in [1.807, 2.05) is 47.4 Å². The van der Waals surface area contributed by atoms with Crippen molar-refractivity contribution in [3.63, 3.8) is 0 Å². The Morgan fingerprint density at radius 2 is 1.70 bits per heavy atom. The van der Waals surface area contributed by atoms with Crippen molar-refractivity contribution >= 4 is 34.6 Å². The van der Waals surface area contributed by atoms with Crippen LogP contribution >= 0.6 is 11.8 Å². The summed E-state index contributed by atoms with van der Waals surface area (Å²) in [4.78, 5) is 34.0. The monoisotopic (exact) mass is 466 g/mol. The van der Waals surface area contributed by atoms with Crippen molar-refractivity contribution in [2.24, 2.45) is 0 Å². The maximum absolute atomic E-state index is 12.9. The highest BCUT2D eigenvalue weighted by Crippen LogP contribution is 2.31. The molecular weight excluding hydrogens is 440 g/mol. The second kappa shape index (κ2) is 9.35. The number of thioether (sulfide) groups is 1. The SMILES string of the molecule is CCn1c(SCC(=O)N2CCN(C(=O)C3COc4ccccc4O3)CC2)nc2ccccc21. The molecule has 1 atom stereocenters. The quantitative estimate of drug-likeness (QED) is 0.538. The number of ether oxygens (including phenoxy) is 2. The second-order valence-electron chi connectivity index (χ2n) is 7.99. The highest BCUT2D eigenvalue weighted by atomic mass is 32.2. The Bertz CT molecular complexity index is 1170. The van der Waals surface area contributed by atoms with E-state index in [1.54, 1.807) is 11.0 Å². The molecule has 2 amide bonds. The summed E-state index contributed by atoms with van der Waals surface area (Å²) < 4.78 is 13.7. The van der Waals surface area contributed by atoms with Crippen LogP contribution in [0, 0.1) is 0 Å². The van der Waals surface area contributed by atoms with Gasteiger partial charge in [0.25, 0.3) is 5.91 Å². The zero-order valence-corrected chi connectivity index (χ0v) is 19.3. The summed E-state index contributed by atoms with van der Waals surface area (Å²) in [5.74, 6) is 1.54. The summed E-state index contributed by atoms with van der Waals surface area (Å²) in [7, 11) is 0. The van der Waals surface area contributed by atoms with Crippen molar-refractivity contribution in [2.75, 3.05) is 38.5 Å². The highest BCUT2D eigenvalue weighted by molar-refractivity contribution is 7.99. The molecule has 3 heterocycles. The van der Waals surface area contributed by atoms with Crippen molar-refractivity contribution in [3.05, 3.63) is 48.5 Å². The first kappa shape index (κ1) is 21.6. The van der Waals surface area contributed by atoms with Gasteiger partial charge in [0.2, 0.25) is 12.0 Å². The number of para-hydroxylation sites is 4. The first-order valence-electron chi connectivity index (χ1n) is 11.2. The number of carbonyl (C=O) groups excluding carboxylic acids is 2. The molecule has 0 aliphatic carbocycles. The lowest BCUT2D eigenvalue weighted by molar-refractivity contribution is -0.145. The van der Waals surface area contributed by atoms with E-state index in [4.69, 9.17) is 9.47 Å². The largest absolute Gasteiger partial charge is 0.485 e. The van der Waals surface area contributed by atoms with Crippen LogP contribution in [0.2, 0.25) is 0 Å². The fourth-order valence-corrected chi connectivity index (χ4v) is 5.19. The van der Waals surface area contributed by atoms with Crippen molar-refractivity contribution in [1.82, 2.24) is 19.4 Å². The molecule has 5 rings (SSSR count). The molecule has 0 spiro atoms. The average Bonchev–Trinajstić information content (AvgIpc) is 3.24. The smallest absolute Gasteiger partial charge is 0.267 e. The molecule has 0 bridgehead atoms. The molecular formula is C24H26N4O4S. The minimum atomic E-state index is -0.653. The molecule has 1 saturated heterocycles. The Hall–Kier alpha value is -3.20. The van der Waals surface area contributed by atoms with Gasteiger partial charge in [-0.3, -0.25) is 9.59 Å². The van der Waals surface area contributed by atoms with Crippen molar-refractivity contribution in [1.29, 1.82) is 0 Å². The third kappa shape index (κ3) is 4.37. The Morgan fingerprint density at radius 1 is 1.00 bits per heavy atom. The van der Waals surface area contributed by atoms with Crippen LogP contribution < -0.4 is 9.47 Å². The number of rotatable bonds is 5. The number of fused-ring (bicyclic) bond motifs is 2. The van der Waals surface area contributed by atoms with Crippen LogP contribution in [-0.4, -0.2) is 75.8 Å². The van der Waals surface area contributed by atoms with Crippen LogP contribution in [0.4, 0.5) is 0 Å². The van der Waals surface area contributed by atoms with Gasteiger partial charge in [-0.05, 0) is 31.2 Å². The average molecular weight is 467 g/mol. The standard InChI is InChI=1S/C24H26N4O4S/c1-2-28-18-8-4-3-7-17(18)25-24(28)33-16-22(29)26-11-13-27(14-12-26)23(30)21-15-31-19-9-5-6-10-20(19)32-21/h3-10,21H,2,11-16H2,1H3. The first-order chi connectivity index (χ1) is 16.1. The van der Waals surface area contributed by atoms with Crippen molar-refractivity contribution < 1.29 is 19.1 Å². The van der Waals surface area contributed by atoms with Gasteiger partial charge in [-0.1, -0.05) is 36.0 Å². The van der Waals surface area contributed by atoms with Crippen molar-refractivity contribution in [2.45, 2.75) is 24.7 Å². The maximum atomic E-state index is 12.9. The first-order valence-corrected chi connectivity index (χ1v) is 12.2. The molecule has 9 heteroatoms. The summed E-state index contributed by atoms with van der Waals surface area (Å²) in [6.45, 7) is 5.09. The summed E-state index contributed by atoms with van der Waals surface area (Å²) in [5.41, 5.74) is 2.02. The molecule has 8 nitrogen and oxygen atoms in total. The predicted octanol–water partition coefficient (Wildman–Crippen LogP) is 2.66. The van der Waals surface area contributed by atoms with Gasteiger partial charge < -0.3 is 23.8 Å². The number of piperazine rings is 1. The summed E-state index contributed by atoms with van der Waals surface area (Å²) in [5, 5.41) is 0.857. The third-order valence-corrected chi connectivity index (χ3v) is 6.95. The molecule has 1 fully saturated rings. The lowest BCUT2D eigenvalue weighted by atomic mass is 10.2. The molecule has 1 aromatic heterocycles. The van der Waals surface area contributed by atoms with Crippen LogP contribution in [0.25, 0.3) is 11.0 Å². The zero-order chi connectivity index (χ0) is 22.8. The van der Waals surface area contributed by atoms with Gasteiger partial charge in [0.1, 0.15) is 6.61 Å². The van der Waals surface area contributed by atoms with E-state index in [-0.39, 0.29) is 18.4 Å². The van der Waals surface area contributed by atoms with Gasteiger partial charge >= 0.3 is 0 Å². The number of hydrogen-bond donors (Lipinski definition) is 0. The summed E-state index contributed by atoms with van der Waals surface area (Å²) >= 11 is 1.47.